The van der Waals surface area contributed by atoms with Crippen molar-refractivity contribution in [1.82, 2.24) is 4.90 Å². The number of hydrogen-bond donors (Lipinski definition) is 2. The van der Waals surface area contributed by atoms with Crippen LogP contribution in [0.2, 0.25) is 0 Å². The highest BCUT2D eigenvalue weighted by atomic mass is 16.5. The summed E-state index contributed by atoms with van der Waals surface area (Å²) in [5.41, 5.74) is 0. The van der Waals surface area contributed by atoms with E-state index in [1.165, 1.54) is 0 Å². The minimum atomic E-state index is -0.830. The monoisotopic (exact) mass is 233 g/mol. The number of carboxylic acid groups (broad SMARTS) is 1. The van der Waals surface area contributed by atoms with Crippen molar-refractivity contribution in [3.05, 3.63) is 0 Å². The predicted molar refractivity (Wildman–Crippen MR) is 56.3 cm³/mol. The van der Waals surface area contributed by atoms with Gasteiger partial charge in [0, 0.05) is 19.6 Å². The first-order valence-corrected chi connectivity index (χ1v) is 5.46. The fraction of sp³-hybridized carbons (Fsp3) is 0.900. The largest absolute Gasteiger partial charge is 0.481 e. The lowest BCUT2D eigenvalue weighted by atomic mass is 10.2. The van der Waals surface area contributed by atoms with E-state index in [-0.39, 0.29) is 19.1 Å². The van der Waals surface area contributed by atoms with Gasteiger partial charge in [0.25, 0.3) is 0 Å². The van der Waals surface area contributed by atoms with Crippen molar-refractivity contribution in [3.63, 3.8) is 0 Å². The van der Waals surface area contributed by atoms with Crippen molar-refractivity contribution in [3.8, 4) is 0 Å². The average Bonchev–Trinajstić information content (AvgIpc) is 2.24. The lowest BCUT2D eigenvalue weighted by Crippen LogP contribution is -2.44. The number of nitrogens with zero attached hydrogens (tertiary/aromatic N) is 1. The minimum absolute atomic E-state index is 0.0325. The Morgan fingerprint density at radius 2 is 2.31 bits per heavy atom. The maximum Gasteiger partial charge on any atom is 0.306 e. The van der Waals surface area contributed by atoms with Crippen LogP contribution in [-0.4, -0.2) is 73.2 Å². The zero-order valence-electron chi connectivity index (χ0n) is 9.30. The highest BCUT2D eigenvalue weighted by Crippen LogP contribution is 2.08. The molecule has 0 amide bonds. The Morgan fingerprint density at radius 1 is 1.50 bits per heavy atom. The molecule has 6 nitrogen and oxygen atoms in total. The summed E-state index contributed by atoms with van der Waals surface area (Å²) in [6, 6.07) is 0. The van der Waals surface area contributed by atoms with Gasteiger partial charge >= 0.3 is 5.97 Å². The van der Waals surface area contributed by atoms with Crippen LogP contribution in [0.15, 0.2) is 0 Å². The molecule has 1 fully saturated rings. The van der Waals surface area contributed by atoms with Crippen molar-refractivity contribution in [2.75, 3.05) is 46.1 Å². The van der Waals surface area contributed by atoms with Crippen LogP contribution in [0.25, 0.3) is 0 Å². The summed E-state index contributed by atoms with van der Waals surface area (Å²) >= 11 is 0. The molecule has 6 heteroatoms. The molecule has 94 valence electrons. The number of ether oxygens (including phenoxy) is 2. The molecule has 1 heterocycles. The van der Waals surface area contributed by atoms with E-state index >= 15 is 0 Å². The van der Waals surface area contributed by atoms with Gasteiger partial charge in [-0.15, -0.1) is 0 Å². The molecule has 1 saturated heterocycles. The second kappa shape index (κ2) is 7.56. The summed E-state index contributed by atoms with van der Waals surface area (Å²) in [6.45, 7) is 3.69. The second-order valence-electron chi connectivity index (χ2n) is 3.73. The van der Waals surface area contributed by atoms with Crippen LogP contribution < -0.4 is 0 Å². The van der Waals surface area contributed by atoms with Gasteiger partial charge in [-0.1, -0.05) is 0 Å². The highest BCUT2D eigenvalue weighted by Gasteiger charge is 2.22. The van der Waals surface area contributed by atoms with E-state index in [0.717, 1.165) is 13.1 Å². The molecule has 0 aromatic heterocycles. The maximum absolute atomic E-state index is 10.5. The Bertz CT molecular complexity index is 211. The molecule has 1 aliphatic heterocycles. The molecule has 0 saturated carbocycles. The Morgan fingerprint density at radius 3 is 3.00 bits per heavy atom. The normalized spacial score (nSPS) is 22.2. The molecule has 0 spiro atoms. The molecule has 0 radical (unpaired) electrons. The molecular weight excluding hydrogens is 214 g/mol. The van der Waals surface area contributed by atoms with Gasteiger partial charge in [-0.2, -0.15) is 0 Å². The number of hydrogen-bond acceptors (Lipinski definition) is 5. The minimum Gasteiger partial charge on any atom is -0.481 e. The molecule has 0 aliphatic carbocycles. The van der Waals surface area contributed by atoms with E-state index in [2.05, 4.69) is 4.90 Å². The molecule has 16 heavy (non-hydrogen) atoms. The summed E-state index contributed by atoms with van der Waals surface area (Å²) in [6.07, 6.45) is -0.169. The summed E-state index contributed by atoms with van der Waals surface area (Å²) in [7, 11) is 0. The fourth-order valence-electron chi connectivity index (χ4n) is 1.66. The molecule has 1 unspecified atom stereocenters. The first kappa shape index (κ1) is 13.4. The van der Waals surface area contributed by atoms with Crippen LogP contribution in [0.4, 0.5) is 0 Å². The van der Waals surface area contributed by atoms with Gasteiger partial charge in [-0.3, -0.25) is 9.69 Å². The van der Waals surface area contributed by atoms with E-state index in [9.17, 15) is 4.79 Å². The topological polar surface area (TPSA) is 79.2 Å². The number of aliphatic hydroxyl groups is 1. The third-order valence-corrected chi connectivity index (χ3v) is 2.41. The quantitative estimate of drug-likeness (QED) is 0.559. The van der Waals surface area contributed by atoms with Crippen molar-refractivity contribution in [1.29, 1.82) is 0 Å². The molecule has 0 aromatic carbocycles. The van der Waals surface area contributed by atoms with Gasteiger partial charge < -0.3 is 19.7 Å². The van der Waals surface area contributed by atoms with Crippen molar-refractivity contribution < 1.29 is 24.5 Å². The predicted octanol–water partition coefficient (Wildman–Crippen LogP) is -0.829. The molecule has 0 bridgehead atoms. The third-order valence-electron chi connectivity index (χ3n) is 2.41. The average molecular weight is 233 g/mol. The Labute approximate surface area is 94.8 Å². The van der Waals surface area contributed by atoms with Gasteiger partial charge in [0.2, 0.25) is 0 Å². The van der Waals surface area contributed by atoms with Gasteiger partial charge in [0.15, 0.2) is 0 Å². The summed E-state index contributed by atoms with van der Waals surface area (Å²) in [5.74, 6) is -0.830. The van der Waals surface area contributed by atoms with E-state index in [1.54, 1.807) is 0 Å². The van der Waals surface area contributed by atoms with Crippen LogP contribution in [0.1, 0.15) is 6.42 Å². The van der Waals surface area contributed by atoms with E-state index in [1.807, 2.05) is 0 Å². The summed E-state index contributed by atoms with van der Waals surface area (Å²) in [4.78, 5) is 12.6. The third kappa shape index (κ3) is 5.41. The molecule has 0 aromatic rings. The van der Waals surface area contributed by atoms with Crippen molar-refractivity contribution >= 4 is 5.97 Å². The first-order valence-electron chi connectivity index (χ1n) is 5.46. The number of aliphatic carboxylic acids is 1. The number of aliphatic hydroxyl groups excluding tert-OH is 1. The molecule has 2 N–H and O–H groups in total. The highest BCUT2D eigenvalue weighted by molar-refractivity contribution is 5.67. The van der Waals surface area contributed by atoms with Gasteiger partial charge in [-0.25, -0.2) is 0 Å². The van der Waals surface area contributed by atoms with E-state index in [0.29, 0.717) is 26.4 Å². The lowest BCUT2D eigenvalue weighted by Gasteiger charge is -2.32. The van der Waals surface area contributed by atoms with E-state index in [4.69, 9.17) is 19.7 Å². The molecule has 1 rings (SSSR count). The van der Waals surface area contributed by atoms with Gasteiger partial charge in [-0.05, 0) is 0 Å². The standard InChI is InChI=1S/C10H19NO5/c12-3-6-15-4-1-11-2-5-16-9(8-11)7-10(13)14/h9,12H,1-8H2,(H,13,14). The van der Waals surface area contributed by atoms with Crippen LogP contribution in [0.3, 0.4) is 0 Å². The summed E-state index contributed by atoms with van der Waals surface area (Å²) < 4.78 is 10.5. The number of morpholine rings is 1. The molecular formula is C10H19NO5. The summed E-state index contributed by atoms with van der Waals surface area (Å²) in [5, 5.41) is 17.2. The number of carbonyl (C=O) groups is 1. The lowest BCUT2D eigenvalue weighted by molar-refractivity contribution is -0.142. The zero-order chi connectivity index (χ0) is 11.8. The first-order chi connectivity index (χ1) is 7.72. The van der Waals surface area contributed by atoms with Crippen LogP contribution >= 0.6 is 0 Å². The van der Waals surface area contributed by atoms with Crippen LogP contribution in [0.5, 0.6) is 0 Å². The van der Waals surface area contributed by atoms with Crippen molar-refractivity contribution in [2.24, 2.45) is 0 Å². The SMILES string of the molecule is O=C(O)CC1CN(CCOCCO)CCO1. The van der Waals surface area contributed by atoms with Crippen LogP contribution in [-0.2, 0) is 14.3 Å². The Kier molecular flexibility index (Phi) is 6.32. The van der Waals surface area contributed by atoms with Crippen LogP contribution in [0, 0.1) is 0 Å². The zero-order valence-corrected chi connectivity index (χ0v) is 9.30. The smallest absolute Gasteiger partial charge is 0.306 e. The number of carboxylic acids is 1. The fourth-order valence-corrected chi connectivity index (χ4v) is 1.66. The van der Waals surface area contributed by atoms with E-state index < -0.39 is 5.97 Å². The maximum atomic E-state index is 10.5. The Balaban J connectivity index is 2.14. The van der Waals surface area contributed by atoms with Gasteiger partial charge in [0.05, 0.1) is 39.0 Å². The number of rotatable bonds is 7. The van der Waals surface area contributed by atoms with Crippen molar-refractivity contribution in [2.45, 2.75) is 12.5 Å². The molecule has 1 atom stereocenters. The molecule has 1 aliphatic rings. The van der Waals surface area contributed by atoms with Gasteiger partial charge in [0.1, 0.15) is 0 Å². The second-order valence-corrected chi connectivity index (χ2v) is 3.73. The Hall–Kier alpha value is -0.690.